The van der Waals surface area contributed by atoms with E-state index in [1.54, 1.807) is 0 Å². The maximum atomic E-state index is 12.9. The molecule has 0 aliphatic carbocycles. The SMILES string of the molecule is CCCCCCC/C=C\C/C=C\C/C=C\CCCCCCCCCCCCCCCCCCC(=O)OC(COC(=O)CCCCCCCCCCCCCCCCCC)COC(OCC[N+](C)(C)C)C(=O)[O-]. The summed E-state index contributed by atoms with van der Waals surface area (Å²) >= 11 is 0. The molecular weight excluding hydrogens is 899 g/mol. The monoisotopic (exact) mass is 1020 g/mol. The number of likely N-dealkylation sites (N-methyl/N-ethyl adjacent to an activating group) is 1. The Morgan fingerprint density at radius 1 is 0.417 bits per heavy atom. The zero-order chi connectivity index (χ0) is 52.7. The number of ether oxygens (including phenoxy) is 4. The summed E-state index contributed by atoms with van der Waals surface area (Å²) in [6.07, 6.45) is 63.4. The number of carbonyl (C=O) groups is 3. The number of allylic oxidation sites excluding steroid dienone is 6. The molecular formula is C63H117NO8. The van der Waals surface area contributed by atoms with E-state index in [9.17, 15) is 19.5 Å². The van der Waals surface area contributed by atoms with Gasteiger partial charge in [-0.25, -0.2) is 0 Å². The Labute approximate surface area is 445 Å². The molecule has 422 valence electrons. The molecule has 0 aromatic carbocycles. The third-order valence-corrected chi connectivity index (χ3v) is 13.6. The summed E-state index contributed by atoms with van der Waals surface area (Å²) in [6, 6.07) is 0. The van der Waals surface area contributed by atoms with E-state index in [-0.39, 0.29) is 32.2 Å². The molecule has 0 rings (SSSR count). The Bertz CT molecular complexity index is 1270. The first-order valence-electron chi connectivity index (χ1n) is 30.6. The Morgan fingerprint density at radius 2 is 0.750 bits per heavy atom. The molecule has 9 heteroatoms. The number of esters is 2. The summed E-state index contributed by atoms with van der Waals surface area (Å²) in [5.74, 6) is -2.26. The predicted molar refractivity (Wildman–Crippen MR) is 302 cm³/mol. The van der Waals surface area contributed by atoms with Gasteiger partial charge in [0.1, 0.15) is 13.2 Å². The van der Waals surface area contributed by atoms with Gasteiger partial charge >= 0.3 is 11.9 Å². The first-order valence-corrected chi connectivity index (χ1v) is 30.6. The number of carbonyl (C=O) groups excluding carboxylic acids is 3. The van der Waals surface area contributed by atoms with Crippen LogP contribution >= 0.6 is 0 Å². The molecule has 0 amide bonds. The fourth-order valence-electron chi connectivity index (χ4n) is 8.90. The number of rotatable bonds is 57. The number of carboxylic acid groups (broad SMARTS) is 1. The van der Waals surface area contributed by atoms with Crippen LogP contribution in [-0.2, 0) is 33.3 Å². The van der Waals surface area contributed by atoms with Crippen LogP contribution in [0.5, 0.6) is 0 Å². The van der Waals surface area contributed by atoms with Gasteiger partial charge in [-0.15, -0.1) is 0 Å². The molecule has 0 saturated heterocycles. The third kappa shape index (κ3) is 55.3. The lowest BCUT2D eigenvalue weighted by atomic mass is 10.0. The minimum atomic E-state index is -1.62. The van der Waals surface area contributed by atoms with Crippen molar-refractivity contribution >= 4 is 17.9 Å². The van der Waals surface area contributed by atoms with Crippen molar-refractivity contribution in [2.75, 3.05) is 47.5 Å². The molecule has 9 nitrogen and oxygen atoms in total. The van der Waals surface area contributed by atoms with Gasteiger partial charge in [-0.3, -0.25) is 9.59 Å². The van der Waals surface area contributed by atoms with Gasteiger partial charge in [-0.05, 0) is 51.4 Å². The van der Waals surface area contributed by atoms with Crippen LogP contribution in [0, 0.1) is 0 Å². The molecule has 0 spiro atoms. The zero-order valence-corrected chi connectivity index (χ0v) is 48.1. The van der Waals surface area contributed by atoms with E-state index in [0.717, 1.165) is 44.9 Å². The van der Waals surface area contributed by atoms with Gasteiger partial charge in [-0.2, -0.15) is 0 Å². The average Bonchev–Trinajstić information content (AvgIpc) is 3.35. The summed E-state index contributed by atoms with van der Waals surface area (Å²) in [5.41, 5.74) is 0. The Morgan fingerprint density at radius 3 is 1.11 bits per heavy atom. The van der Waals surface area contributed by atoms with E-state index in [1.165, 1.54) is 212 Å². The van der Waals surface area contributed by atoms with Crippen LogP contribution < -0.4 is 5.11 Å². The van der Waals surface area contributed by atoms with E-state index < -0.39 is 24.3 Å². The van der Waals surface area contributed by atoms with Crippen LogP contribution in [0.15, 0.2) is 36.5 Å². The lowest BCUT2D eigenvalue weighted by Gasteiger charge is -2.26. The summed E-state index contributed by atoms with van der Waals surface area (Å²) in [5, 5.41) is 11.8. The van der Waals surface area contributed by atoms with Gasteiger partial charge in [-0.1, -0.05) is 262 Å². The second-order valence-corrected chi connectivity index (χ2v) is 22.0. The molecule has 0 aliphatic rings. The zero-order valence-electron chi connectivity index (χ0n) is 48.1. The molecule has 0 aromatic rings. The Balaban J connectivity index is 4.12. The second kappa shape index (κ2) is 54.8. The highest BCUT2D eigenvalue weighted by Crippen LogP contribution is 2.17. The molecule has 0 radical (unpaired) electrons. The van der Waals surface area contributed by atoms with Gasteiger partial charge in [0, 0.05) is 12.8 Å². The average molecular weight is 1020 g/mol. The number of aliphatic carboxylic acids is 1. The maximum absolute atomic E-state index is 12.9. The van der Waals surface area contributed by atoms with Crippen molar-refractivity contribution < 1.29 is 42.9 Å². The highest BCUT2D eigenvalue weighted by atomic mass is 16.7. The molecule has 0 saturated carbocycles. The normalized spacial score (nSPS) is 13.0. The van der Waals surface area contributed by atoms with Gasteiger partial charge in [0.25, 0.3) is 0 Å². The van der Waals surface area contributed by atoms with Crippen molar-refractivity contribution in [2.45, 2.75) is 302 Å². The number of nitrogens with zero attached hydrogens (tertiary/aromatic N) is 1. The van der Waals surface area contributed by atoms with Gasteiger partial charge < -0.3 is 33.3 Å². The van der Waals surface area contributed by atoms with Crippen LogP contribution in [0.4, 0.5) is 0 Å². The van der Waals surface area contributed by atoms with Crippen LogP contribution in [0.1, 0.15) is 290 Å². The Kier molecular flexibility index (Phi) is 52.9. The number of quaternary nitrogens is 1. The van der Waals surface area contributed by atoms with Crippen molar-refractivity contribution in [1.82, 2.24) is 0 Å². The molecule has 0 aromatic heterocycles. The lowest BCUT2D eigenvalue weighted by molar-refractivity contribution is -0.870. The van der Waals surface area contributed by atoms with Crippen LogP contribution in [0.2, 0.25) is 0 Å². The molecule has 0 heterocycles. The van der Waals surface area contributed by atoms with E-state index in [2.05, 4.69) is 50.3 Å². The summed E-state index contributed by atoms with van der Waals surface area (Å²) in [7, 11) is 5.93. The maximum Gasteiger partial charge on any atom is 0.306 e. The van der Waals surface area contributed by atoms with Crippen molar-refractivity contribution in [3.05, 3.63) is 36.5 Å². The standard InChI is InChI=1S/C63H117NO8/c1-6-8-10-12-14-16-18-20-22-24-25-26-27-28-29-30-31-32-33-34-35-36-37-38-40-42-44-46-48-50-52-54-61(66)72-59(58-71-63(62(67)68)69-56-55-64(3,4)5)57-70-60(65)53-51-49-47-45-43-41-39-23-21-19-17-15-13-11-9-7-2/h18,20,24-25,27-28,59,63H,6-17,19,21-23,26,29-58H2,1-5H3/b20-18-,25-24-,28-27-. The summed E-state index contributed by atoms with van der Waals surface area (Å²) in [4.78, 5) is 37.3. The fourth-order valence-corrected chi connectivity index (χ4v) is 8.90. The largest absolute Gasteiger partial charge is 0.545 e. The number of unbranched alkanes of at least 4 members (excludes halogenated alkanes) is 36. The van der Waals surface area contributed by atoms with E-state index in [4.69, 9.17) is 18.9 Å². The van der Waals surface area contributed by atoms with Crippen molar-refractivity contribution in [3.8, 4) is 0 Å². The topological polar surface area (TPSA) is 111 Å². The van der Waals surface area contributed by atoms with Crippen molar-refractivity contribution in [2.24, 2.45) is 0 Å². The van der Waals surface area contributed by atoms with Crippen LogP contribution in [0.25, 0.3) is 0 Å². The van der Waals surface area contributed by atoms with E-state index in [1.807, 2.05) is 21.1 Å². The lowest BCUT2D eigenvalue weighted by Crippen LogP contribution is -2.44. The molecule has 2 unspecified atom stereocenters. The van der Waals surface area contributed by atoms with Gasteiger partial charge in [0.15, 0.2) is 12.4 Å². The molecule has 0 bridgehead atoms. The second-order valence-electron chi connectivity index (χ2n) is 22.0. The van der Waals surface area contributed by atoms with E-state index in [0.29, 0.717) is 23.9 Å². The fraction of sp³-hybridized carbons (Fsp3) is 0.857. The van der Waals surface area contributed by atoms with Crippen LogP contribution in [-0.4, -0.2) is 82.3 Å². The van der Waals surface area contributed by atoms with Crippen molar-refractivity contribution in [1.29, 1.82) is 0 Å². The molecule has 72 heavy (non-hydrogen) atoms. The highest BCUT2D eigenvalue weighted by molar-refractivity contribution is 5.70. The van der Waals surface area contributed by atoms with Gasteiger partial charge in [0.05, 0.1) is 40.3 Å². The number of hydrogen-bond donors (Lipinski definition) is 0. The first kappa shape index (κ1) is 69.5. The molecule has 0 aliphatic heterocycles. The minimum Gasteiger partial charge on any atom is -0.545 e. The van der Waals surface area contributed by atoms with Crippen molar-refractivity contribution in [3.63, 3.8) is 0 Å². The number of carboxylic acids is 1. The first-order chi connectivity index (χ1) is 35.1. The molecule has 2 atom stereocenters. The third-order valence-electron chi connectivity index (χ3n) is 13.6. The van der Waals surface area contributed by atoms with E-state index >= 15 is 0 Å². The quantitative estimate of drug-likeness (QED) is 0.0195. The summed E-state index contributed by atoms with van der Waals surface area (Å²) in [6.45, 7) is 4.78. The number of hydrogen-bond acceptors (Lipinski definition) is 8. The molecule has 0 N–H and O–H groups in total. The highest BCUT2D eigenvalue weighted by Gasteiger charge is 2.22. The smallest absolute Gasteiger partial charge is 0.306 e. The predicted octanol–water partition coefficient (Wildman–Crippen LogP) is 16.7. The van der Waals surface area contributed by atoms with Gasteiger partial charge in [0.2, 0.25) is 0 Å². The minimum absolute atomic E-state index is 0.150. The summed E-state index contributed by atoms with van der Waals surface area (Å²) < 4.78 is 22.7. The van der Waals surface area contributed by atoms with Crippen LogP contribution in [0.3, 0.4) is 0 Å². The Hall–Kier alpha value is -2.49. The molecule has 0 fully saturated rings.